The number of rotatable bonds is 5. The first-order valence-corrected chi connectivity index (χ1v) is 9.38. The predicted octanol–water partition coefficient (Wildman–Crippen LogP) is -0.0632. The van der Waals surface area contributed by atoms with Crippen LogP contribution in [0.2, 0.25) is 0 Å². The first-order valence-electron chi connectivity index (χ1n) is 7.98. The van der Waals surface area contributed by atoms with Crippen LogP contribution in [0.3, 0.4) is 0 Å². The molecule has 1 aliphatic heterocycles. The summed E-state index contributed by atoms with van der Waals surface area (Å²) in [4.78, 5) is 14.0. The van der Waals surface area contributed by atoms with Gasteiger partial charge in [0.25, 0.3) is 16.0 Å². The Labute approximate surface area is 151 Å². The molecule has 1 aromatic heterocycles. The summed E-state index contributed by atoms with van der Waals surface area (Å²) in [5.74, 6) is -0.706. The highest BCUT2D eigenvalue weighted by Gasteiger charge is 2.37. The molecule has 0 bridgehead atoms. The Balaban J connectivity index is 1.82. The van der Waals surface area contributed by atoms with Crippen LogP contribution in [0.25, 0.3) is 5.73 Å². The van der Waals surface area contributed by atoms with Crippen molar-refractivity contribution in [2.45, 2.75) is 0 Å². The van der Waals surface area contributed by atoms with Crippen LogP contribution in [0, 0.1) is 0 Å². The van der Waals surface area contributed by atoms with Gasteiger partial charge in [0.05, 0.1) is 17.9 Å². The van der Waals surface area contributed by atoms with Gasteiger partial charge in [0, 0.05) is 32.7 Å². The molecule has 0 unspecified atom stereocenters. The van der Waals surface area contributed by atoms with Gasteiger partial charge in [0.1, 0.15) is 5.88 Å². The Hall–Kier alpha value is -2.50. The zero-order chi connectivity index (χ0) is 18.9. The summed E-state index contributed by atoms with van der Waals surface area (Å²) in [7, 11) is -0.520. The van der Waals surface area contributed by atoms with E-state index in [2.05, 4.69) is 5.27 Å². The fourth-order valence-electron chi connectivity index (χ4n) is 2.70. The largest absolute Gasteiger partial charge is 0.659 e. The monoisotopic (exact) mass is 380 g/mol. The maximum atomic E-state index is 12.7. The Morgan fingerprint density at radius 1 is 1.19 bits per heavy atom. The number of carbonyl (C=O) groups excluding carboxylic acids is 1. The minimum atomic E-state index is -3.49. The van der Waals surface area contributed by atoms with Crippen LogP contribution in [-0.2, 0) is 10.2 Å². The van der Waals surface area contributed by atoms with Gasteiger partial charge in [-0.3, -0.25) is 4.79 Å². The van der Waals surface area contributed by atoms with E-state index in [-0.39, 0.29) is 30.5 Å². The fourth-order valence-corrected chi connectivity index (χ4v) is 3.78. The number of nitrogens with one attached hydrogen (secondary N) is 1. The average Bonchev–Trinajstić information content (AvgIpc) is 3.03. The number of piperazine rings is 1. The van der Waals surface area contributed by atoms with Gasteiger partial charge in [0.2, 0.25) is 5.27 Å². The zero-order valence-electron chi connectivity index (χ0n) is 14.5. The lowest BCUT2D eigenvalue weighted by Gasteiger charge is -2.31. The normalized spacial score (nSPS) is 16.2. The number of ketones is 1. The van der Waals surface area contributed by atoms with Crippen molar-refractivity contribution in [3.8, 4) is 0 Å². The zero-order valence-corrected chi connectivity index (χ0v) is 15.3. The van der Waals surface area contributed by atoms with Crippen molar-refractivity contribution in [2.75, 3.05) is 45.3 Å². The number of carbonyl (C=O) groups is 1. The van der Waals surface area contributed by atoms with Gasteiger partial charge < -0.3 is 10.3 Å². The summed E-state index contributed by atoms with van der Waals surface area (Å²) in [5, 5.41) is 5.48. The lowest BCUT2D eigenvalue weighted by atomic mass is 10.1. The molecule has 0 spiro atoms. The molecule has 0 radical (unpaired) electrons. The van der Waals surface area contributed by atoms with Crippen LogP contribution < -0.4 is 9.80 Å². The first kappa shape index (κ1) is 18.3. The maximum absolute atomic E-state index is 12.7. The third kappa shape index (κ3) is 3.28. The molecule has 10 nitrogen and oxygen atoms in total. The molecule has 0 aliphatic carbocycles. The molecule has 0 amide bonds. The van der Waals surface area contributed by atoms with Crippen molar-refractivity contribution < 1.29 is 22.5 Å². The minimum absolute atomic E-state index is 0.0140. The van der Waals surface area contributed by atoms with E-state index in [9.17, 15) is 13.2 Å². The highest BCUT2D eigenvalue weighted by molar-refractivity contribution is 7.86. The summed E-state index contributed by atoms with van der Waals surface area (Å²) in [6, 6.07) is 8.57. The molecule has 2 heterocycles. The number of nitrogens with zero attached hydrogens (tertiary/aromatic N) is 5. The Morgan fingerprint density at radius 2 is 1.81 bits per heavy atom. The molecule has 0 saturated carbocycles. The molecule has 1 aromatic carbocycles. The van der Waals surface area contributed by atoms with Crippen LogP contribution in [-0.4, -0.2) is 68.4 Å². The smallest absolute Gasteiger partial charge is 0.339 e. The average molecular weight is 380 g/mol. The SMILES string of the molecule is CN(C)S(=O)(=O)N1CCN([n+]2noc([NH-])c2C(=O)c2ccccc2)CC1. The van der Waals surface area contributed by atoms with Crippen LogP contribution in [0.5, 0.6) is 0 Å². The fraction of sp³-hybridized carbons (Fsp3) is 0.400. The maximum Gasteiger partial charge on any atom is 0.339 e. The van der Waals surface area contributed by atoms with Gasteiger partial charge in [-0.15, -0.1) is 0 Å². The number of hydrogen-bond donors (Lipinski definition) is 0. The molecule has 0 atom stereocenters. The quantitative estimate of drug-likeness (QED) is 0.530. The summed E-state index contributed by atoms with van der Waals surface area (Å²) >= 11 is 0. The van der Waals surface area contributed by atoms with Gasteiger partial charge in [0.15, 0.2) is 0 Å². The standard InChI is InChI=1S/C15H20N6O4S/c1-18(2)26(23,24)20-10-8-19(9-11-20)21-13(15(16)25-17-21)14(22)12-6-4-3-5-7-12/h3-7H,8-11H2,1-2H3,(H-,16,17,22). The van der Waals surface area contributed by atoms with Crippen LogP contribution in [0.4, 0.5) is 5.88 Å². The molecular formula is C15H20N6O4S. The van der Waals surface area contributed by atoms with Crippen molar-refractivity contribution in [1.82, 2.24) is 13.9 Å². The Bertz CT molecular complexity index is 888. The van der Waals surface area contributed by atoms with Gasteiger partial charge in [-0.1, -0.05) is 30.3 Å². The first-order chi connectivity index (χ1) is 12.3. The van der Waals surface area contributed by atoms with Gasteiger partial charge >= 0.3 is 5.69 Å². The van der Waals surface area contributed by atoms with E-state index in [0.717, 1.165) is 4.31 Å². The predicted molar refractivity (Wildman–Crippen MR) is 92.7 cm³/mol. The van der Waals surface area contributed by atoms with Crippen LogP contribution >= 0.6 is 0 Å². The van der Waals surface area contributed by atoms with Crippen molar-refractivity contribution in [1.29, 1.82) is 0 Å². The second-order valence-electron chi connectivity index (χ2n) is 5.98. The van der Waals surface area contributed by atoms with Crippen molar-refractivity contribution in [3.05, 3.63) is 47.3 Å². The molecule has 1 N–H and O–H groups in total. The molecule has 140 valence electrons. The van der Waals surface area contributed by atoms with E-state index in [1.807, 2.05) is 0 Å². The summed E-state index contributed by atoms with van der Waals surface area (Å²) in [5.41, 5.74) is 8.31. The third-order valence-corrected chi connectivity index (χ3v) is 6.09. The van der Waals surface area contributed by atoms with E-state index >= 15 is 0 Å². The summed E-state index contributed by atoms with van der Waals surface area (Å²) in [6.45, 7) is 1.12. The summed E-state index contributed by atoms with van der Waals surface area (Å²) < 4.78 is 31.8. The summed E-state index contributed by atoms with van der Waals surface area (Å²) in [6.07, 6.45) is 0. The molecule has 2 aromatic rings. The lowest BCUT2D eigenvalue weighted by Crippen LogP contribution is -2.68. The van der Waals surface area contributed by atoms with E-state index in [0.29, 0.717) is 18.7 Å². The van der Waals surface area contributed by atoms with E-state index in [1.54, 1.807) is 35.3 Å². The molecule has 3 rings (SSSR count). The van der Waals surface area contributed by atoms with Gasteiger partial charge in [-0.05, 0) is 0 Å². The minimum Gasteiger partial charge on any atom is -0.659 e. The third-order valence-electron chi connectivity index (χ3n) is 4.15. The van der Waals surface area contributed by atoms with Crippen molar-refractivity contribution in [3.63, 3.8) is 0 Å². The van der Waals surface area contributed by atoms with E-state index in [1.165, 1.54) is 23.2 Å². The van der Waals surface area contributed by atoms with Gasteiger partial charge in [-0.25, -0.2) is 0 Å². The van der Waals surface area contributed by atoms with E-state index < -0.39 is 10.2 Å². The van der Waals surface area contributed by atoms with Gasteiger partial charge in [-0.2, -0.15) is 22.0 Å². The molecule has 11 heteroatoms. The molecule has 1 saturated heterocycles. The molecular weight excluding hydrogens is 360 g/mol. The molecule has 26 heavy (non-hydrogen) atoms. The Kier molecular flexibility index (Phi) is 4.94. The Morgan fingerprint density at radius 3 is 2.38 bits per heavy atom. The van der Waals surface area contributed by atoms with Crippen molar-refractivity contribution in [2.24, 2.45) is 0 Å². The van der Waals surface area contributed by atoms with E-state index in [4.69, 9.17) is 10.3 Å². The highest BCUT2D eigenvalue weighted by Crippen LogP contribution is 2.18. The number of hydrogen-bond acceptors (Lipinski definition) is 6. The van der Waals surface area contributed by atoms with Crippen LogP contribution in [0.15, 0.2) is 34.9 Å². The topological polar surface area (TPSA) is 115 Å². The second-order valence-corrected chi connectivity index (χ2v) is 8.12. The number of benzene rings is 1. The molecule has 1 aliphatic rings. The number of aromatic nitrogens is 2. The molecule has 1 fully saturated rings. The van der Waals surface area contributed by atoms with Crippen LogP contribution in [0.1, 0.15) is 16.1 Å². The second kappa shape index (κ2) is 7.02. The highest BCUT2D eigenvalue weighted by atomic mass is 32.2. The van der Waals surface area contributed by atoms with Crippen molar-refractivity contribution >= 4 is 21.9 Å². The lowest BCUT2D eigenvalue weighted by molar-refractivity contribution is -0.760.